The summed E-state index contributed by atoms with van der Waals surface area (Å²) in [5.74, 6) is -0.758. The van der Waals surface area contributed by atoms with E-state index in [-0.39, 0.29) is 12.4 Å². The van der Waals surface area contributed by atoms with Crippen LogP contribution in [-0.2, 0) is 17.8 Å². The highest BCUT2D eigenvalue weighted by molar-refractivity contribution is 5.84. The molecule has 1 saturated heterocycles. The van der Waals surface area contributed by atoms with Crippen molar-refractivity contribution in [1.82, 2.24) is 14.9 Å². The van der Waals surface area contributed by atoms with Crippen LogP contribution in [0.25, 0.3) is 0 Å². The summed E-state index contributed by atoms with van der Waals surface area (Å²) < 4.78 is 5.38. The standard InChI is InChI=1S/C15H20N4O4/c1-15(2,3)23-14(22)19-7-9-10(8-19)16-11(13(20)21)17-12(9)18-5-4-6-18/h4-8H2,1-3H3,(H,20,21). The number of carbonyl (C=O) groups is 2. The van der Waals surface area contributed by atoms with Crippen molar-refractivity contribution in [3.63, 3.8) is 0 Å². The fourth-order valence-electron chi connectivity index (χ4n) is 2.58. The van der Waals surface area contributed by atoms with Gasteiger partial charge in [-0.15, -0.1) is 0 Å². The second-order valence-corrected chi connectivity index (χ2v) is 6.78. The van der Waals surface area contributed by atoms with Crippen LogP contribution in [-0.4, -0.2) is 50.7 Å². The number of ether oxygens (including phenoxy) is 1. The molecule has 8 nitrogen and oxygen atoms in total. The Morgan fingerprint density at radius 1 is 1.17 bits per heavy atom. The minimum atomic E-state index is -1.16. The molecule has 0 saturated carbocycles. The van der Waals surface area contributed by atoms with Crippen LogP contribution in [0.2, 0.25) is 0 Å². The molecule has 2 aliphatic heterocycles. The van der Waals surface area contributed by atoms with Crippen molar-refractivity contribution in [1.29, 1.82) is 0 Å². The number of hydrogen-bond donors (Lipinski definition) is 1. The molecular weight excluding hydrogens is 300 g/mol. The monoisotopic (exact) mass is 320 g/mol. The van der Waals surface area contributed by atoms with E-state index < -0.39 is 17.7 Å². The Balaban J connectivity index is 1.88. The van der Waals surface area contributed by atoms with Crippen LogP contribution in [0.4, 0.5) is 10.6 Å². The van der Waals surface area contributed by atoms with Crippen LogP contribution in [0.3, 0.4) is 0 Å². The number of hydrogen-bond acceptors (Lipinski definition) is 6. The highest BCUT2D eigenvalue weighted by Crippen LogP contribution is 2.32. The van der Waals surface area contributed by atoms with Crippen LogP contribution >= 0.6 is 0 Å². The van der Waals surface area contributed by atoms with Crippen molar-refractivity contribution in [3.8, 4) is 0 Å². The topological polar surface area (TPSA) is 95.9 Å². The molecule has 0 spiro atoms. The molecule has 1 aromatic rings. The van der Waals surface area contributed by atoms with Gasteiger partial charge in [-0.2, -0.15) is 0 Å². The third-order valence-electron chi connectivity index (χ3n) is 3.76. The summed E-state index contributed by atoms with van der Waals surface area (Å²) >= 11 is 0. The highest BCUT2D eigenvalue weighted by Gasteiger charge is 2.34. The van der Waals surface area contributed by atoms with Gasteiger partial charge in [-0.3, -0.25) is 4.90 Å². The van der Waals surface area contributed by atoms with Gasteiger partial charge in [0.1, 0.15) is 11.4 Å². The molecular formula is C15H20N4O4. The first-order valence-corrected chi connectivity index (χ1v) is 7.60. The van der Waals surface area contributed by atoms with Crippen LogP contribution < -0.4 is 4.90 Å². The molecule has 23 heavy (non-hydrogen) atoms. The number of rotatable bonds is 2. The molecule has 1 amide bonds. The predicted octanol–water partition coefficient (Wildman–Crippen LogP) is 1.64. The molecule has 0 aliphatic carbocycles. The minimum absolute atomic E-state index is 0.225. The third-order valence-corrected chi connectivity index (χ3v) is 3.76. The Morgan fingerprint density at radius 3 is 2.39 bits per heavy atom. The smallest absolute Gasteiger partial charge is 0.410 e. The summed E-state index contributed by atoms with van der Waals surface area (Å²) in [4.78, 5) is 35.3. The lowest BCUT2D eigenvalue weighted by Crippen LogP contribution is -2.39. The molecule has 0 aromatic carbocycles. The number of carboxylic acid groups (broad SMARTS) is 1. The van der Waals surface area contributed by atoms with Gasteiger partial charge < -0.3 is 14.7 Å². The normalized spacial score (nSPS) is 16.8. The molecule has 124 valence electrons. The van der Waals surface area contributed by atoms with E-state index in [4.69, 9.17) is 4.74 Å². The second kappa shape index (κ2) is 5.36. The van der Waals surface area contributed by atoms with E-state index in [1.165, 1.54) is 4.90 Å². The van der Waals surface area contributed by atoms with E-state index in [1.54, 1.807) is 0 Å². The van der Waals surface area contributed by atoms with Gasteiger partial charge in [0.15, 0.2) is 0 Å². The largest absolute Gasteiger partial charge is 0.475 e. The summed E-state index contributed by atoms with van der Waals surface area (Å²) in [6, 6.07) is 0. The van der Waals surface area contributed by atoms with Gasteiger partial charge in [-0.1, -0.05) is 0 Å². The first-order valence-electron chi connectivity index (χ1n) is 7.60. The van der Waals surface area contributed by atoms with Gasteiger partial charge in [0, 0.05) is 18.7 Å². The highest BCUT2D eigenvalue weighted by atomic mass is 16.6. The molecule has 8 heteroatoms. The number of carboxylic acids is 1. The number of nitrogens with zero attached hydrogens (tertiary/aromatic N) is 4. The van der Waals surface area contributed by atoms with Gasteiger partial charge in [0.05, 0.1) is 18.8 Å². The molecule has 0 unspecified atom stereocenters. The van der Waals surface area contributed by atoms with Crippen molar-refractivity contribution in [3.05, 3.63) is 17.1 Å². The van der Waals surface area contributed by atoms with E-state index in [2.05, 4.69) is 9.97 Å². The van der Waals surface area contributed by atoms with Crippen molar-refractivity contribution in [2.45, 2.75) is 45.9 Å². The Morgan fingerprint density at radius 2 is 1.87 bits per heavy atom. The number of amides is 1. The average molecular weight is 320 g/mol. The van der Waals surface area contributed by atoms with E-state index in [1.807, 2.05) is 25.7 Å². The second-order valence-electron chi connectivity index (χ2n) is 6.78. The fraction of sp³-hybridized carbons (Fsp3) is 0.600. The lowest BCUT2D eigenvalue weighted by Gasteiger charge is -2.33. The molecule has 0 radical (unpaired) electrons. The molecule has 1 N–H and O–H groups in total. The molecule has 2 aliphatic rings. The van der Waals surface area contributed by atoms with E-state index in [0.717, 1.165) is 25.1 Å². The van der Waals surface area contributed by atoms with Gasteiger partial charge in [0.25, 0.3) is 0 Å². The number of aromatic carboxylic acids is 1. The van der Waals surface area contributed by atoms with Gasteiger partial charge in [0.2, 0.25) is 5.82 Å². The first-order chi connectivity index (χ1) is 10.7. The number of carbonyl (C=O) groups excluding carboxylic acids is 1. The molecule has 0 bridgehead atoms. The van der Waals surface area contributed by atoms with E-state index in [9.17, 15) is 14.7 Å². The summed E-state index contributed by atoms with van der Waals surface area (Å²) in [5.41, 5.74) is 0.829. The van der Waals surface area contributed by atoms with Crippen molar-refractivity contribution in [2.75, 3.05) is 18.0 Å². The quantitative estimate of drug-likeness (QED) is 0.884. The number of fused-ring (bicyclic) bond motifs is 1. The zero-order valence-corrected chi connectivity index (χ0v) is 13.5. The lowest BCUT2D eigenvalue weighted by atomic mass is 10.1. The van der Waals surface area contributed by atoms with Gasteiger partial charge >= 0.3 is 12.1 Å². The van der Waals surface area contributed by atoms with Crippen molar-refractivity contribution in [2.24, 2.45) is 0 Å². The van der Waals surface area contributed by atoms with Gasteiger partial charge in [-0.25, -0.2) is 19.6 Å². The SMILES string of the molecule is CC(C)(C)OC(=O)N1Cc2nc(C(=O)O)nc(N3CCC3)c2C1. The van der Waals surface area contributed by atoms with Gasteiger partial charge in [-0.05, 0) is 27.2 Å². The third kappa shape index (κ3) is 3.06. The maximum atomic E-state index is 12.2. The fourth-order valence-corrected chi connectivity index (χ4v) is 2.58. The summed E-state index contributed by atoms with van der Waals surface area (Å²) in [5, 5.41) is 9.19. The maximum absolute atomic E-state index is 12.2. The molecule has 0 atom stereocenters. The summed E-state index contributed by atoms with van der Waals surface area (Å²) in [6.07, 6.45) is 0.624. The van der Waals surface area contributed by atoms with Crippen LogP contribution in [0.5, 0.6) is 0 Å². The molecule has 3 rings (SSSR count). The minimum Gasteiger partial charge on any atom is -0.475 e. The number of aromatic nitrogens is 2. The Bertz CT molecular complexity index is 664. The first kappa shape index (κ1) is 15.5. The average Bonchev–Trinajstić information content (AvgIpc) is 2.78. The van der Waals surface area contributed by atoms with E-state index >= 15 is 0 Å². The van der Waals surface area contributed by atoms with Crippen LogP contribution in [0.15, 0.2) is 0 Å². The molecule has 1 aromatic heterocycles. The zero-order valence-electron chi connectivity index (χ0n) is 13.5. The Hall–Kier alpha value is -2.38. The number of anilines is 1. The Labute approximate surface area is 134 Å². The molecule has 3 heterocycles. The maximum Gasteiger partial charge on any atom is 0.410 e. The summed E-state index contributed by atoms with van der Waals surface area (Å²) in [7, 11) is 0. The van der Waals surface area contributed by atoms with Crippen LogP contribution in [0.1, 0.15) is 49.1 Å². The Kier molecular flexibility index (Phi) is 3.62. The van der Waals surface area contributed by atoms with Crippen molar-refractivity contribution < 1.29 is 19.4 Å². The van der Waals surface area contributed by atoms with Crippen molar-refractivity contribution >= 4 is 17.9 Å². The predicted molar refractivity (Wildman–Crippen MR) is 81.3 cm³/mol. The van der Waals surface area contributed by atoms with Crippen LogP contribution in [0, 0.1) is 0 Å². The zero-order chi connectivity index (χ0) is 16.8. The lowest BCUT2D eigenvalue weighted by molar-refractivity contribution is 0.0240. The molecule has 1 fully saturated rings. The van der Waals surface area contributed by atoms with E-state index in [0.29, 0.717) is 18.1 Å². The summed E-state index contributed by atoms with van der Waals surface area (Å²) in [6.45, 7) is 7.69.